The third kappa shape index (κ3) is 5.59. The number of hydrogen-bond acceptors (Lipinski definition) is 7. The predicted octanol–water partition coefficient (Wildman–Crippen LogP) is 3.28. The molecule has 2 aromatic carbocycles. The normalized spacial score (nSPS) is 16.6. The summed E-state index contributed by atoms with van der Waals surface area (Å²) in [6, 6.07) is 13.1. The van der Waals surface area contributed by atoms with Gasteiger partial charge in [-0.25, -0.2) is 0 Å². The number of amides is 1. The van der Waals surface area contributed by atoms with Crippen LogP contribution in [-0.2, 0) is 9.53 Å². The van der Waals surface area contributed by atoms with Crippen LogP contribution in [0, 0.1) is 10.1 Å². The summed E-state index contributed by atoms with van der Waals surface area (Å²) in [4.78, 5) is 29.9. The smallest absolute Gasteiger partial charge is 0.292 e. The summed E-state index contributed by atoms with van der Waals surface area (Å²) in [5.74, 6) is 1.11. The van der Waals surface area contributed by atoms with Crippen molar-refractivity contribution in [1.82, 2.24) is 4.90 Å². The van der Waals surface area contributed by atoms with Crippen molar-refractivity contribution < 1.29 is 19.2 Å². The second kappa shape index (κ2) is 10.7. The standard InChI is InChI=1S/C25H32N4O5/c1-19(2)20-3-6-22(7-4-20)34-18-25(30)28-11-9-26(10-12-28)21-5-8-23(29(31)32)24(17-21)27-13-15-33-16-14-27/h3-8,17,19H,9-16,18H2,1-2H3. The van der Waals surface area contributed by atoms with Gasteiger partial charge in [0.15, 0.2) is 6.61 Å². The molecule has 2 aromatic rings. The first kappa shape index (κ1) is 23.8. The summed E-state index contributed by atoms with van der Waals surface area (Å²) in [6.07, 6.45) is 0. The minimum absolute atomic E-state index is 0.0136. The average molecular weight is 469 g/mol. The number of morpholine rings is 1. The number of carbonyl (C=O) groups excluding carboxylic acids is 1. The van der Waals surface area contributed by atoms with Crippen LogP contribution in [-0.4, -0.2) is 74.8 Å². The van der Waals surface area contributed by atoms with Gasteiger partial charge in [0.25, 0.3) is 11.6 Å². The molecule has 0 N–H and O–H groups in total. The van der Waals surface area contributed by atoms with Crippen LogP contribution in [0.3, 0.4) is 0 Å². The Balaban J connectivity index is 1.34. The molecule has 0 aliphatic carbocycles. The number of carbonyl (C=O) groups is 1. The highest BCUT2D eigenvalue weighted by atomic mass is 16.6. The summed E-state index contributed by atoms with van der Waals surface area (Å²) in [7, 11) is 0. The molecule has 0 unspecified atom stereocenters. The molecule has 1 amide bonds. The van der Waals surface area contributed by atoms with Gasteiger partial charge in [-0.05, 0) is 35.7 Å². The van der Waals surface area contributed by atoms with E-state index in [9.17, 15) is 14.9 Å². The number of piperazine rings is 1. The van der Waals surface area contributed by atoms with Crippen molar-refractivity contribution in [1.29, 1.82) is 0 Å². The SMILES string of the molecule is CC(C)c1ccc(OCC(=O)N2CCN(c3ccc([N+](=O)[O-])c(N4CCOCC4)c3)CC2)cc1. The Hall–Kier alpha value is -3.33. The lowest BCUT2D eigenvalue weighted by atomic mass is 10.0. The average Bonchev–Trinajstić information content (AvgIpc) is 2.87. The largest absolute Gasteiger partial charge is 0.484 e. The van der Waals surface area contributed by atoms with E-state index < -0.39 is 0 Å². The third-order valence-electron chi connectivity index (χ3n) is 6.41. The molecule has 182 valence electrons. The van der Waals surface area contributed by atoms with Gasteiger partial charge >= 0.3 is 0 Å². The molecule has 9 heteroatoms. The van der Waals surface area contributed by atoms with E-state index in [4.69, 9.17) is 9.47 Å². The molecule has 2 fully saturated rings. The van der Waals surface area contributed by atoms with Crippen molar-refractivity contribution in [3.05, 3.63) is 58.1 Å². The van der Waals surface area contributed by atoms with Crippen LogP contribution in [0.15, 0.2) is 42.5 Å². The molecule has 2 saturated heterocycles. The lowest BCUT2D eigenvalue weighted by Crippen LogP contribution is -2.50. The van der Waals surface area contributed by atoms with Crippen molar-refractivity contribution in [3.63, 3.8) is 0 Å². The van der Waals surface area contributed by atoms with Gasteiger partial charge in [0.1, 0.15) is 11.4 Å². The van der Waals surface area contributed by atoms with Gasteiger partial charge < -0.3 is 24.2 Å². The molecule has 0 atom stereocenters. The van der Waals surface area contributed by atoms with Crippen LogP contribution in [0.25, 0.3) is 0 Å². The number of nitro benzene ring substituents is 1. The van der Waals surface area contributed by atoms with E-state index in [1.807, 2.05) is 40.1 Å². The fraction of sp³-hybridized carbons (Fsp3) is 0.480. The number of anilines is 2. The monoisotopic (exact) mass is 468 g/mol. The van der Waals surface area contributed by atoms with Crippen LogP contribution in [0.2, 0.25) is 0 Å². The van der Waals surface area contributed by atoms with E-state index in [-0.39, 0.29) is 23.1 Å². The van der Waals surface area contributed by atoms with Crippen molar-refractivity contribution in [2.24, 2.45) is 0 Å². The van der Waals surface area contributed by atoms with Gasteiger partial charge in [-0.3, -0.25) is 14.9 Å². The van der Waals surface area contributed by atoms with Gasteiger partial charge in [-0.15, -0.1) is 0 Å². The fourth-order valence-corrected chi connectivity index (χ4v) is 4.32. The summed E-state index contributed by atoms with van der Waals surface area (Å²) in [5, 5.41) is 11.6. The third-order valence-corrected chi connectivity index (χ3v) is 6.41. The minimum atomic E-state index is -0.332. The Bertz CT molecular complexity index is 997. The topological polar surface area (TPSA) is 88.4 Å². The lowest BCUT2D eigenvalue weighted by molar-refractivity contribution is -0.384. The molecule has 9 nitrogen and oxygen atoms in total. The fourth-order valence-electron chi connectivity index (χ4n) is 4.32. The number of ether oxygens (including phenoxy) is 2. The van der Waals surface area contributed by atoms with Crippen LogP contribution in [0.4, 0.5) is 17.1 Å². The number of hydrogen-bond donors (Lipinski definition) is 0. The first-order chi connectivity index (χ1) is 16.4. The maximum atomic E-state index is 12.7. The highest BCUT2D eigenvalue weighted by Gasteiger charge is 2.26. The Kier molecular flexibility index (Phi) is 7.52. The Morgan fingerprint density at radius 2 is 1.68 bits per heavy atom. The second-order valence-electron chi connectivity index (χ2n) is 8.91. The zero-order chi connectivity index (χ0) is 24.1. The van der Waals surface area contributed by atoms with E-state index in [1.54, 1.807) is 12.1 Å². The summed E-state index contributed by atoms with van der Waals surface area (Å²) >= 11 is 0. The van der Waals surface area contributed by atoms with Gasteiger partial charge in [0, 0.05) is 51.0 Å². The van der Waals surface area contributed by atoms with E-state index in [0.717, 1.165) is 5.69 Å². The Labute approximate surface area is 200 Å². The predicted molar refractivity (Wildman–Crippen MR) is 131 cm³/mol. The van der Waals surface area contributed by atoms with Gasteiger partial charge in [0.05, 0.1) is 18.1 Å². The van der Waals surface area contributed by atoms with Crippen LogP contribution >= 0.6 is 0 Å². The number of benzene rings is 2. The molecule has 0 saturated carbocycles. The number of nitro groups is 1. The van der Waals surface area contributed by atoms with Crippen molar-refractivity contribution in [2.75, 3.05) is 68.9 Å². The van der Waals surface area contributed by atoms with E-state index in [1.165, 1.54) is 5.56 Å². The molecule has 4 rings (SSSR count). The zero-order valence-electron chi connectivity index (χ0n) is 19.8. The van der Waals surface area contributed by atoms with E-state index >= 15 is 0 Å². The maximum absolute atomic E-state index is 12.7. The molecular weight excluding hydrogens is 436 g/mol. The molecule has 2 aliphatic rings. The van der Waals surface area contributed by atoms with E-state index in [2.05, 4.69) is 18.7 Å². The number of rotatable bonds is 7. The highest BCUT2D eigenvalue weighted by Crippen LogP contribution is 2.33. The minimum Gasteiger partial charge on any atom is -0.484 e. The number of nitrogens with zero attached hydrogens (tertiary/aromatic N) is 4. The molecular formula is C25H32N4O5. The van der Waals surface area contributed by atoms with Crippen molar-refractivity contribution in [2.45, 2.75) is 19.8 Å². The summed E-state index contributed by atoms with van der Waals surface area (Å²) in [6.45, 7) is 9.16. The lowest BCUT2D eigenvalue weighted by Gasteiger charge is -2.36. The van der Waals surface area contributed by atoms with Crippen LogP contribution < -0.4 is 14.5 Å². The molecule has 0 spiro atoms. The van der Waals surface area contributed by atoms with Crippen LogP contribution in [0.1, 0.15) is 25.3 Å². The molecule has 0 radical (unpaired) electrons. The highest BCUT2D eigenvalue weighted by molar-refractivity contribution is 5.78. The first-order valence-electron chi connectivity index (χ1n) is 11.8. The summed E-state index contributed by atoms with van der Waals surface area (Å²) < 4.78 is 11.1. The first-order valence-corrected chi connectivity index (χ1v) is 11.8. The van der Waals surface area contributed by atoms with Crippen molar-refractivity contribution in [3.8, 4) is 5.75 Å². The maximum Gasteiger partial charge on any atom is 0.292 e. The second-order valence-corrected chi connectivity index (χ2v) is 8.91. The molecule has 2 heterocycles. The molecule has 34 heavy (non-hydrogen) atoms. The van der Waals surface area contributed by atoms with E-state index in [0.29, 0.717) is 69.8 Å². The van der Waals surface area contributed by atoms with Gasteiger partial charge in [-0.2, -0.15) is 0 Å². The van der Waals surface area contributed by atoms with Gasteiger partial charge in [-0.1, -0.05) is 26.0 Å². The Morgan fingerprint density at radius 3 is 2.29 bits per heavy atom. The van der Waals surface area contributed by atoms with Crippen LogP contribution in [0.5, 0.6) is 5.75 Å². The molecule has 0 bridgehead atoms. The van der Waals surface area contributed by atoms with Crippen molar-refractivity contribution >= 4 is 23.0 Å². The quantitative estimate of drug-likeness (QED) is 0.455. The van der Waals surface area contributed by atoms with Gasteiger partial charge in [0.2, 0.25) is 0 Å². The molecule has 2 aliphatic heterocycles. The molecule has 0 aromatic heterocycles. The summed E-state index contributed by atoms with van der Waals surface area (Å²) in [5.41, 5.74) is 2.90. The zero-order valence-corrected chi connectivity index (χ0v) is 19.8. The Morgan fingerprint density at radius 1 is 1.00 bits per heavy atom.